The summed E-state index contributed by atoms with van der Waals surface area (Å²) in [5.41, 5.74) is 5.39. The first-order chi connectivity index (χ1) is 14.9. The van der Waals surface area contributed by atoms with Crippen LogP contribution in [0.4, 0.5) is 5.69 Å². The average molecular weight is 413 g/mol. The van der Waals surface area contributed by atoms with Gasteiger partial charge in [-0.2, -0.15) is 0 Å². The van der Waals surface area contributed by atoms with E-state index in [1.165, 1.54) is 0 Å². The molecule has 0 radical (unpaired) electrons. The number of carbonyl (C=O) groups excluding carboxylic acids is 2. The maximum absolute atomic E-state index is 12.9. The van der Waals surface area contributed by atoms with E-state index in [4.69, 9.17) is 4.74 Å². The van der Waals surface area contributed by atoms with Gasteiger partial charge in [0, 0.05) is 11.3 Å². The van der Waals surface area contributed by atoms with E-state index in [1.807, 2.05) is 62.4 Å². The molecule has 6 heteroatoms. The summed E-state index contributed by atoms with van der Waals surface area (Å²) in [5.74, 6) is -0.401. The molecule has 3 aromatic carbocycles. The maximum Gasteiger partial charge on any atom is 0.339 e. The molecule has 0 aliphatic rings. The number of benzene rings is 3. The number of nitrogens with zero attached hydrogens (tertiary/aromatic N) is 1. The van der Waals surface area contributed by atoms with Crippen molar-refractivity contribution in [2.75, 3.05) is 5.32 Å². The highest BCUT2D eigenvalue weighted by atomic mass is 16.5. The first-order valence-electron chi connectivity index (χ1n) is 10.1. The number of rotatable bonds is 5. The molecule has 6 nitrogen and oxygen atoms in total. The van der Waals surface area contributed by atoms with Crippen molar-refractivity contribution in [3.63, 3.8) is 0 Å². The molecule has 1 aromatic heterocycles. The van der Waals surface area contributed by atoms with Gasteiger partial charge in [0.05, 0.1) is 16.6 Å². The van der Waals surface area contributed by atoms with E-state index in [1.54, 1.807) is 25.1 Å². The van der Waals surface area contributed by atoms with Crippen LogP contribution in [-0.4, -0.2) is 27.9 Å². The number of hydrogen-bond acceptors (Lipinski definition) is 4. The van der Waals surface area contributed by atoms with Crippen LogP contribution in [0.3, 0.4) is 0 Å². The van der Waals surface area contributed by atoms with Crippen LogP contribution in [0.2, 0.25) is 0 Å². The van der Waals surface area contributed by atoms with Crippen molar-refractivity contribution in [2.24, 2.45) is 0 Å². The number of anilines is 1. The second-order valence-electron chi connectivity index (χ2n) is 7.50. The molecule has 1 unspecified atom stereocenters. The van der Waals surface area contributed by atoms with Crippen molar-refractivity contribution in [1.29, 1.82) is 0 Å². The Balaban J connectivity index is 1.52. The van der Waals surface area contributed by atoms with Gasteiger partial charge in [0.1, 0.15) is 5.82 Å². The summed E-state index contributed by atoms with van der Waals surface area (Å²) in [6, 6.07) is 20.4. The van der Waals surface area contributed by atoms with E-state index < -0.39 is 12.1 Å². The highest BCUT2D eigenvalue weighted by Crippen LogP contribution is 2.25. The van der Waals surface area contributed by atoms with E-state index in [2.05, 4.69) is 15.3 Å². The molecule has 0 aliphatic heterocycles. The second-order valence-corrected chi connectivity index (χ2v) is 7.50. The van der Waals surface area contributed by atoms with Gasteiger partial charge >= 0.3 is 5.97 Å². The largest absolute Gasteiger partial charge is 0.449 e. The number of esters is 1. The number of carbonyl (C=O) groups is 2. The zero-order chi connectivity index (χ0) is 22.0. The summed E-state index contributed by atoms with van der Waals surface area (Å²) >= 11 is 0. The minimum Gasteiger partial charge on any atom is -0.449 e. The van der Waals surface area contributed by atoms with Crippen LogP contribution in [0.1, 0.15) is 28.4 Å². The number of fused-ring (bicyclic) bond motifs is 1. The smallest absolute Gasteiger partial charge is 0.339 e. The number of H-pyrrole nitrogens is 1. The Morgan fingerprint density at radius 2 is 1.74 bits per heavy atom. The lowest BCUT2D eigenvalue weighted by molar-refractivity contribution is -0.123. The van der Waals surface area contributed by atoms with E-state index >= 15 is 0 Å². The fourth-order valence-electron chi connectivity index (χ4n) is 3.41. The Morgan fingerprint density at radius 3 is 2.52 bits per heavy atom. The zero-order valence-electron chi connectivity index (χ0n) is 17.6. The van der Waals surface area contributed by atoms with Gasteiger partial charge in [0.2, 0.25) is 0 Å². The lowest BCUT2D eigenvalue weighted by atomic mass is 10.1. The number of aromatic amines is 1. The minimum absolute atomic E-state index is 0.340. The summed E-state index contributed by atoms with van der Waals surface area (Å²) in [6.07, 6.45) is -0.961. The first kappa shape index (κ1) is 20.3. The highest BCUT2D eigenvalue weighted by molar-refractivity contribution is 6.00. The third-order valence-electron chi connectivity index (χ3n) is 5.08. The second kappa shape index (κ2) is 8.44. The molecule has 4 rings (SSSR count). The van der Waals surface area contributed by atoms with Gasteiger partial charge in [-0.25, -0.2) is 9.78 Å². The molecule has 31 heavy (non-hydrogen) atoms. The molecular formula is C25H23N3O3. The molecule has 1 atom stereocenters. The molecule has 0 fully saturated rings. The fraction of sp³-hybridized carbons (Fsp3) is 0.160. The number of ether oxygens (including phenoxy) is 1. The normalized spacial score (nSPS) is 11.8. The molecule has 0 saturated heterocycles. The van der Waals surface area contributed by atoms with Crippen LogP contribution in [0, 0.1) is 13.8 Å². The number of para-hydroxylation sites is 2. The Labute approximate surface area is 180 Å². The molecule has 2 N–H and O–H groups in total. The van der Waals surface area contributed by atoms with Crippen LogP contribution >= 0.6 is 0 Å². The summed E-state index contributed by atoms with van der Waals surface area (Å²) in [4.78, 5) is 33.3. The molecule has 1 heterocycles. The van der Waals surface area contributed by atoms with Crippen molar-refractivity contribution < 1.29 is 14.3 Å². The van der Waals surface area contributed by atoms with Crippen LogP contribution in [0.15, 0.2) is 66.7 Å². The van der Waals surface area contributed by atoms with Crippen LogP contribution in [-0.2, 0) is 9.53 Å². The van der Waals surface area contributed by atoms with Crippen molar-refractivity contribution in [1.82, 2.24) is 9.97 Å². The molecule has 4 aromatic rings. The van der Waals surface area contributed by atoms with Gasteiger partial charge in [-0.05, 0) is 50.6 Å². The van der Waals surface area contributed by atoms with Gasteiger partial charge in [0.25, 0.3) is 5.91 Å². The molecule has 1 amide bonds. The van der Waals surface area contributed by atoms with Crippen molar-refractivity contribution in [3.8, 4) is 11.4 Å². The third-order valence-corrected chi connectivity index (χ3v) is 5.08. The fourth-order valence-corrected chi connectivity index (χ4v) is 3.41. The lowest BCUT2D eigenvalue weighted by Crippen LogP contribution is -2.30. The average Bonchev–Trinajstić information content (AvgIpc) is 3.19. The van der Waals surface area contributed by atoms with E-state index in [-0.39, 0.29) is 5.91 Å². The van der Waals surface area contributed by atoms with E-state index in [9.17, 15) is 9.59 Å². The van der Waals surface area contributed by atoms with Crippen LogP contribution < -0.4 is 5.32 Å². The molecule has 0 spiro atoms. The Morgan fingerprint density at radius 1 is 1.00 bits per heavy atom. The molecule has 0 saturated carbocycles. The zero-order valence-corrected chi connectivity index (χ0v) is 17.6. The van der Waals surface area contributed by atoms with E-state index in [0.29, 0.717) is 22.6 Å². The summed E-state index contributed by atoms with van der Waals surface area (Å²) in [7, 11) is 0. The predicted molar refractivity (Wildman–Crippen MR) is 121 cm³/mol. The van der Waals surface area contributed by atoms with Crippen molar-refractivity contribution in [3.05, 3.63) is 83.4 Å². The summed E-state index contributed by atoms with van der Waals surface area (Å²) in [6.45, 7) is 5.46. The number of aromatic nitrogens is 2. The summed E-state index contributed by atoms with van der Waals surface area (Å²) in [5, 5.41) is 2.82. The maximum atomic E-state index is 12.9. The van der Waals surface area contributed by atoms with Gasteiger partial charge < -0.3 is 15.0 Å². The summed E-state index contributed by atoms with van der Waals surface area (Å²) < 4.78 is 5.48. The topological polar surface area (TPSA) is 84.1 Å². The monoisotopic (exact) mass is 413 g/mol. The van der Waals surface area contributed by atoms with Crippen LogP contribution in [0.5, 0.6) is 0 Å². The predicted octanol–water partition coefficient (Wildman–Crippen LogP) is 5.03. The van der Waals surface area contributed by atoms with Gasteiger partial charge in [-0.3, -0.25) is 4.79 Å². The van der Waals surface area contributed by atoms with Gasteiger partial charge in [-0.15, -0.1) is 0 Å². The minimum atomic E-state index is -0.961. The van der Waals surface area contributed by atoms with Crippen LogP contribution in [0.25, 0.3) is 22.4 Å². The molecule has 156 valence electrons. The molecule has 0 aliphatic carbocycles. The molecular weight excluding hydrogens is 390 g/mol. The highest BCUT2D eigenvalue weighted by Gasteiger charge is 2.22. The SMILES string of the molecule is Cc1ccc(NC(=O)C(C)OC(=O)c2ccccc2-c2nc3ccccc3[nH]2)c(C)c1. The van der Waals surface area contributed by atoms with E-state index in [0.717, 1.165) is 22.2 Å². The number of aryl methyl sites for hydroxylation is 2. The quantitative estimate of drug-likeness (QED) is 0.450. The number of nitrogens with one attached hydrogen (secondary N) is 2. The Kier molecular flexibility index (Phi) is 5.54. The Bertz CT molecular complexity index is 1240. The molecule has 0 bridgehead atoms. The number of hydrogen-bond donors (Lipinski definition) is 2. The third kappa shape index (κ3) is 4.33. The number of imidazole rings is 1. The Hall–Kier alpha value is -3.93. The lowest BCUT2D eigenvalue weighted by Gasteiger charge is -2.16. The van der Waals surface area contributed by atoms with Gasteiger partial charge in [-0.1, -0.05) is 48.0 Å². The standard InChI is InChI=1S/C25H23N3O3/c1-15-12-13-20(16(2)14-15)28-24(29)17(3)31-25(30)19-9-5-4-8-18(19)23-26-21-10-6-7-11-22(21)27-23/h4-14,17H,1-3H3,(H,26,27)(H,28,29). The first-order valence-corrected chi connectivity index (χ1v) is 10.1. The van der Waals surface area contributed by atoms with Gasteiger partial charge in [0.15, 0.2) is 6.10 Å². The van der Waals surface area contributed by atoms with Crippen molar-refractivity contribution >= 4 is 28.6 Å². The van der Waals surface area contributed by atoms with Crippen molar-refractivity contribution in [2.45, 2.75) is 26.9 Å². The number of amides is 1.